The lowest BCUT2D eigenvalue weighted by atomic mass is 9.89. The van der Waals surface area contributed by atoms with Crippen molar-refractivity contribution in [2.24, 2.45) is 11.7 Å². The topological polar surface area (TPSA) is 83.6 Å². The molecular formula is C14H17FN2O3. The fraction of sp³-hybridized carbons (Fsp3) is 0.429. The van der Waals surface area contributed by atoms with Crippen LogP contribution in [-0.2, 0) is 4.79 Å². The van der Waals surface area contributed by atoms with E-state index in [1.807, 2.05) is 6.92 Å². The van der Waals surface area contributed by atoms with Gasteiger partial charge >= 0.3 is 5.97 Å². The Kier molecular flexibility index (Phi) is 3.92. The van der Waals surface area contributed by atoms with Crippen LogP contribution in [0.3, 0.4) is 0 Å². The largest absolute Gasteiger partial charge is 0.480 e. The number of halogens is 1. The minimum atomic E-state index is -0.947. The van der Waals surface area contributed by atoms with Gasteiger partial charge in [0, 0.05) is 6.54 Å². The Bertz CT molecular complexity index is 547. The number of primary amides is 1. The predicted molar refractivity (Wildman–Crippen MR) is 72.1 cm³/mol. The van der Waals surface area contributed by atoms with Crippen molar-refractivity contribution >= 4 is 17.6 Å². The summed E-state index contributed by atoms with van der Waals surface area (Å²) in [6.07, 6.45) is 1.63. The van der Waals surface area contributed by atoms with Gasteiger partial charge in [-0.1, -0.05) is 6.92 Å². The van der Waals surface area contributed by atoms with Crippen LogP contribution in [0, 0.1) is 11.7 Å². The molecule has 1 saturated heterocycles. The molecule has 2 atom stereocenters. The summed E-state index contributed by atoms with van der Waals surface area (Å²) < 4.78 is 13.3. The van der Waals surface area contributed by atoms with Gasteiger partial charge in [0.15, 0.2) is 0 Å². The van der Waals surface area contributed by atoms with Crippen LogP contribution >= 0.6 is 0 Å². The van der Waals surface area contributed by atoms with Crippen LogP contribution in [0.5, 0.6) is 0 Å². The molecule has 1 aromatic rings. The summed E-state index contributed by atoms with van der Waals surface area (Å²) in [5.74, 6) is -2.33. The molecule has 1 fully saturated rings. The third-order valence-electron chi connectivity index (χ3n) is 3.72. The Morgan fingerprint density at radius 1 is 1.45 bits per heavy atom. The summed E-state index contributed by atoms with van der Waals surface area (Å²) in [5, 5.41) is 9.39. The van der Waals surface area contributed by atoms with Crippen LogP contribution in [0.1, 0.15) is 30.1 Å². The van der Waals surface area contributed by atoms with E-state index in [0.717, 1.165) is 18.9 Å². The van der Waals surface area contributed by atoms with Gasteiger partial charge in [-0.3, -0.25) is 4.79 Å². The quantitative estimate of drug-likeness (QED) is 0.881. The first kappa shape index (κ1) is 14.3. The first-order valence-electron chi connectivity index (χ1n) is 6.50. The zero-order chi connectivity index (χ0) is 14.9. The van der Waals surface area contributed by atoms with Crippen molar-refractivity contribution in [3.63, 3.8) is 0 Å². The van der Waals surface area contributed by atoms with Gasteiger partial charge in [0.05, 0.1) is 11.3 Å². The number of hydrogen-bond acceptors (Lipinski definition) is 3. The van der Waals surface area contributed by atoms with Crippen molar-refractivity contribution < 1.29 is 19.1 Å². The molecule has 1 amide bonds. The number of carboxylic acids is 1. The fourth-order valence-corrected chi connectivity index (χ4v) is 2.79. The molecule has 0 bridgehead atoms. The summed E-state index contributed by atoms with van der Waals surface area (Å²) in [4.78, 5) is 24.6. The number of carboxylic acid groups (broad SMARTS) is 1. The molecule has 1 aliphatic heterocycles. The summed E-state index contributed by atoms with van der Waals surface area (Å²) in [7, 11) is 0. The van der Waals surface area contributed by atoms with Crippen molar-refractivity contribution in [1.29, 1.82) is 0 Å². The maximum Gasteiger partial charge on any atom is 0.326 e. The number of piperidine rings is 1. The first-order valence-corrected chi connectivity index (χ1v) is 6.50. The van der Waals surface area contributed by atoms with Gasteiger partial charge in [-0.15, -0.1) is 0 Å². The van der Waals surface area contributed by atoms with Crippen molar-refractivity contribution in [2.45, 2.75) is 25.8 Å². The highest BCUT2D eigenvalue weighted by Crippen LogP contribution is 2.31. The van der Waals surface area contributed by atoms with Crippen LogP contribution in [-0.4, -0.2) is 29.6 Å². The zero-order valence-electron chi connectivity index (χ0n) is 11.2. The van der Waals surface area contributed by atoms with E-state index in [1.54, 1.807) is 4.90 Å². The smallest absolute Gasteiger partial charge is 0.326 e. The molecule has 2 rings (SSSR count). The van der Waals surface area contributed by atoms with Crippen LogP contribution in [0.15, 0.2) is 18.2 Å². The van der Waals surface area contributed by atoms with E-state index >= 15 is 0 Å². The molecule has 5 nitrogen and oxygen atoms in total. The summed E-state index contributed by atoms with van der Waals surface area (Å²) >= 11 is 0. The Hall–Kier alpha value is -2.11. The highest BCUT2D eigenvalue weighted by molar-refractivity contribution is 5.99. The molecule has 1 aliphatic rings. The minimum absolute atomic E-state index is 0.0188. The third kappa shape index (κ3) is 2.59. The standard InChI is InChI=1S/C14H17FN2O3/c1-8-3-2-6-17(12(8)14(19)20)11-5-4-9(15)7-10(11)13(16)18/h4-5,7-8,12H,2-3,6H2,1H3,(H2,16,18)(H,19,20). The summed E-state index contributed by atoms with van der Waals surface area (Å²) in [5.41, 5.74) is 5.67. The van der Waals surface area contributed by atoms with E-state index < -0.39 is 23.7 Å². The lowest BCUT2D eigenvalue weighted by molar-refractivity contribution is -0.140. The molecular weight excluding hydrogens is 263 g/mol. The number of nitrogens with zero attached hydrogens (tertiary/aromatic N) is 1. The maximum absolute atomic E-state index is 13.3. The molecule has 20 heavy (non-hydrogen) atoms. The number of hydrogen-bond donors (Lipinski definition) is 2. The second-order valence-corrected chi connectivity index (χ2v) is 5.12. The molecule has 3 N–H and O–H groups in total. The van der Waals surface area contributed by atoms with E-state index in [2.05, 4.69) is 0 Å². The minimum Gasteiger partial charge on any atom is -0.480 e. The number of benzene rings is 1. The van der Waals surface area contributed by atoms with Gasteiger partial charge in [-0.05, 0) is 37.0 Å². The molecule has 2 unspecified atom stereocenters. The van der Waals surface area contributed by atoms with E-state index in [-0.39, 0.29) is 11.5 Å². The second-order valence-electron chi connectivity index (χ2n) is 5.12. The Morgan fingerprint density at radius 3 is 2.75 bits per heavy atom. The van der Waals surface area contributed by atoms with E-state index in [9.17, 15) is 19.1 Å². The average Bonchev–Trinajstić information content (AvgIpc) is 2.37. The fourth-order valence-electron chi connectivity index (χ4n) is 2.79. The second kappa shape index (κ2) is 5.48. The number of anilines is 1. The maximum atomic E-state index is 13.3. The van der Waals surface area contributed by atoms with E-state index in [4.69, 9.17) is 5.73 Å². The first-order chi connectivity index (χ1) is 9.41. The van der Waals surface area contributed by atoms with Crippen molar-refractivity contribution in [1.82, 2.24) is 0 Å². The number of carbonyl (C=O) groups is 2. The molecule has 0 radical (unpaired) electrons. The van der Waals surface area contributed by atoms with Gasteiger partial charge in [0.1, 0.15) is 11.9 Å². The molecule has 1 heterocycles. The van der Waals surface area contributed by atoms with Crippen LogP contribution in [0.2, 0.25) is 0 Å². The highest BCUT2D eigenvalue weighted by atomic mass is 19.1. The number of nitrogens with two attached hydrogens (primary N) is 1. The van der Waals surface area contributed by atoms with Gasteiger partial charge in [0.2, 0.25) is 0 Å². The molecule has 6 heteroatoms. The van der Waals surface area contributed by atoms with Crippen molar-refractivity contribution in [3.05, 3.63) is 29.6 Å². The van der Waals surface area contributed by atoms with E-state index in [1.165, 1.54) is 12.1 Å². The highest BCUT2D eigenvalue weighted by Gasteiger charge is 2.35. The number of carbonyl (C=O) groups excluding carboxylic acids is 1. The Balaban J connectivity index is 2.48. The number of aliphatic carboxylic acids is 1. The molecule has 0 aliphatic carbocycles. The zero-order valence-corrected chi connectivity index (χ0v) is 11.2. The molecule has 108 valence electrons. The van der Waals surface area contributed by atoms with Gasteiger partial charge in [-0.2, -0.15) is 0 Å². The SMILES string of the molecule is CC1CCCN(c2ccc(F)cc2C(N)=O)C1C(=O)O. The van der Waals surface area contributed by atoms with Gasteiger partial charge < -0.3 is 15.7 Å². The number of rotatable bonds is 3. The number of amides is 1. The van der Waals surface area contributed by atoms with Crippen LogP contribution in [0.4, 0.5) is 10.1 Å². The molecule has 0 spiro atoms. The van der Waals surface area contributed by atoms with Gasteiger partial charge in [-0.25, -0.2) is 9.18 Å². The lowest BCUT2D eigenvalue weighted by Crippen LogP contribution is -2.50. The molecule has 1 aromatic carbocycles. The molecule has 0 aromatic heterocycles. The molecule has 0 saturated carbocycles. The van der Waals surface area contributed by atoms with Crippen LogP contribution in [0.25, 0.3) is 0 Å². The van der Waals surface area contributed by atoms with E-state index in [0.29, 0.717) is 12.2 Å². The third-order valence-corrected chi connectivity index (χ3v) is 3.72. The average molecular weight is 280 g/mol. The van der Waals surface area contributed by atoms with Gasteiger partial charge in [0.25, 0.3) is 5.91 Å². The lowest BCUT2D eigenvalue weighted by Gasteiger charge is -2.39. The van der Waals surface area contributed by atoms with Crippen LogP contribution < -0.4 is 10.6 Å². The normalized spacial score (nSPS) is 22.6. The predicted octanol–water partition coefficient (Wildman–Crippen LogP) is 1.61. The van der Waals surface area contributed by atoms with Crippen molar-refractivity contribution in [3.8, 4) is 0 Å². The summed E-state index contributed by atoms with van der Waals surface area (Å²) in [6, 6.07) is 2.95. The Labute approximate surface area is 116 Å². The monoisotopic (exact) mass is 280 g/mol. The Morgan fingerprint density at radius 2 is 2.15 bits per heavy atom. The van der Waals surface area contributed by atoms with Crippen molar-refractivity contribution in [2.75, 3.05) is 11.4 Å². The summed E-state index contributed by atoms with van der Waals surface area (Å²) in [6.45, 7) is 2.37.